The Kier molecular flexibility index (Phi) is 5.08. The van der Waals surface area contributed by atoms with Gasteiger partial charge in [0.05, 0.1) is 18.7 Å². The van der Waals surface area contributed by atoms with Crippen LogP contribution in [0.15, 0.2) is 36.9 Å². The number of methoxy groups -OCH3 is 1. The summed E-state index contributed by atoms with van der Waals surface area (Å²) in [5.41, 5.74) is 1.38. The highest BCUT2D eigenvalue weighted by atomic mass is 16.5. The number of benzene rings is 1. The maximum atomic E-state index is 11.4. The molecule has 1 unspecified atom stereocenters. The summed E-state index contributed by atoms with van der Waals surface area (Å²) in [4.78, 5) is 18.2. The molecule has 0 saturated carbocycles. The number of aliphatic hydroxyl groups excluding tert-OH is 1. The Bertz CT molecular complexity index is 913. The second-order valence-corrected chi connectivity index (χ2v) is 7.72. The average Bonchev–Trinajstić information content (AvgIpc) is 2.72. The van der Waals surface area contributed by atoms with Gasteiger partial charge in [0.1, 0.15) is 5.75 Å². The largest absolute Gasteiger partial charge is 0.497 e. The molecule has 3 fully saturated rings. The molecule has 4 heterocycles. The lowest BCUT2D eigenvalue weighted by Crippen LogP contribution is -2.54. The summed E-state index contributed by atoms with van der Waals surface area (Å²) in [6.07, 6.45) is 3.41. The van der Waals surface area contributed by atoms with Crippen molar-refractivity contribution < 1.29 is 19.4 Å². The second kappa shape index (κ2) is 7.53. The number of hydrogen-bond acceptors (Lipinski definition) is 6. The minimum atomic E-state index is -0.708. The van der Waals surface area contributed by atoms with Crippen LogP contribution in [0.2, 0.25) is 0 Å². The minimum absolute atomic E-state index is 0.0249. The maximum absolute atomic E-state index is 11.4. The van der Waals surface area contributed by atoms with E-state index in [-0.39, 0.29) is 11.9 Å². The van der Waals surface area contributed by atoms with Crippen molar-refractivity contribution >= 4 is 16.9 Å². The van der Waals surface area contributed by atoms with Gasteiger partial charge in [0.25, 0.3) is 0 Å². The van der Waals surface area contributed by atoms with Crippen molar-refractivity contribution in [3.05, 3.63) is 42.5 Å². The predicted molar refractivity (Wildman–Crippen MR) is 106 cm³/mol. The van der Waals surface area contributed by atoms with E-state index in [0.717, 1.165) is 31.3 Å². The van der Waals surface area contributed by atoms with Crippen molar-refractivity contribution in [2.75, 3.05) is 20.2 Å². The van der Waals surface area contributed by atoms with Crippen LogP contribution in [-0.4, -0.2) is 47.2 Å². The fourth-order valence-corrected chi connectivity index (χ4v) is 4.69. The van der Waals surface area contributed by atoms with Gasteiger partial charge in [-0.1, -0.05) is 6.08 Å². The highest BCUT2D eigenvalue weighted by Gasteiger charge is 2.42. The Balaban J connectivity index is 1.75. The number of nitrogens with zero attached hydrogens (tertiary/aromatic N) is 2. The zero-order valence-corrected chi connectivity index (χ0v) is 16.3. The van der Waals surface area contributed by atoms with Gasteiger partial charge >= 0.3 is 5.97 Å². The van der Waals surface area contributed by atoms with Crippen LogP contribution >= 0.6 is 0 Å². The number of fused-ring (bicyclic) bond motifs is 4. The van der Waals surface area contributed by atoms with E-state index in [1.54, 1.807) is 13.2 Å². The molecule has 1 aromatic heterocycles. The molecule has 5 rings (SSSR count). The molecule has 0 amide bonds. The highest BCUT2D eigenvalue weighted by molar-refractivity contribution is 5.85. The smallest absolute Gasteiger partial charge is 0.309 e. The van der Waals surface area contributed by atoms with Crippen LogP contribution in [-0.2, 0) is 4.79 Å². The van der Waals surface area contributed by atoms with Crippen LogP contribution in [0.1, 0.15) is 31.4 Å². The summed E-state index contributed by atoms with van der Waals surface area (Å²) in [6.45, 7) is 7.23. The van der Waals surface area contributed by atoms with Gasteiger partial charge in [-0.05, 0) is 55.0 Å². The summed E-state index contributed by atoms with van der Waals surface area (Å²) in [7, 11) is 1.61. The number of aliphatic hydroxyl groups is 1. The Labute approximate surface area is 164 Å². The summed E-state index contributed by atoms with van der Waals surface area (Å²) >= 11 is 0. The van der Waals surface area contributed by atoms with Gasteiger partial charge in [0.2, 0.25) is 5.88 Å². The topological polar surface area (TPSA) is 71.9 Å². The van der Waals surface area contributed by atoms with E-state index in [9.17, 15) is 9.90 Å². The maximum Gasteiger partial charge on any atom is 0.309 e. The number of piperidine rings is 3. The van der Waals surface area contributed by atoms with Gasteiger partial charge in [-0.2, -0.15) is 0 Å². The number of carbonyl (C=O) groups is 1. The SMILES string of the molecule is C=C[C@H]1CN2CC[C@H]1C[C@@H]2[C@@H](O)c1cc(OC(C)=O)nc2ccc(OC)cc12. The highest BCUT2D eigenvalue weighted by Crippen LogP contribution is 2.42. The van der Waals surface area contributed by atoms with Crippen molar-refractivity contribution in [2.24, 2.45) is 11.8 Å². The van der Waals surface area contributed by atoms with Crippen molar-refractivity contribution in [3.63, 3.8) is 0 Å². The van der Waals surface area contributed by atoms with Crippen molar-refractivity contribution in [1.29, 1.82) is 0 Å². The third kappa shape index (κ3) is 3.38. The van der Waals surface area contributed by atoms with Gasteiger partial charge < -0.3 is 14.6 Å². The molecular weight excluding hydrogens is 356 g/mol. The standard InChI is InChI=1S/C22H26N2O4/c1-4-14-12-24-8-7-15(14)9-20(24)22(26)18-11-21(28-13(2)25)23-19-6-5-16(27-3)10-17(18)19/h4-6,10-11,14-15,20,22,26H,1,7-9,12H2,2-3H3/t14-,15-,20+,22-/m0/s1. The Morgan fingerprint density at radius 3 is 2.89 bits per heavy atom. The van der Waals surface area contributed by atoms with E-state index in [0.29, 0.717) is 28.7 Å². The lowest BCUT2D eigenvalue weighted by Gasteiger charge is -2.50. The molecule has 3 saturated heterocycles. The first-order valence-electron chi connectivity index (χ1n) is 9.72. The predicted octanol–water partition coefficient (Wildman–Crippen LogP) is 3.10. The van der Waals surface area contributed by atoms with Gasteiger partial charge in [-0.3, -0.25) is 9.69 Å². The third-order valence-corrected chi connectivity index (χ3v) is 6.11. The van der Waals surface area contributed by atoms with Gasteiger partial charge in [-0.25, -0.2) is 4.98 Å². The zero-order valence-electron chi connectivity index (χ0n) is 16.3. The van der Waals surface area contributed by atoms with Gasteiger partial charge in [-0.15, -0.1) is 6.58 Å². The van der Waals surface area contributed by atoms with E-state index in [2.05, 4.69) is 16.5 Å². The van der Waals surface area contributed by atoms with Crippen LogP contribution < -0.4 is 9.47 Å². The normalized spacial score (nSPS) is 27.4. The number of hydrogen-bond donors (Lipinski definition) is 1. The molecule has 148 valence electrons. The lowest BCUT2D eigenvalue weighted by molar-refractivity contribution is -0.132. The molecule has 5 atom stereocenters. The molecule has 1 aromatic carbocycles. The van der Waals surface area contributed by atoms with E-state index in [1.165, 1.54) is 6.92 Å². The Hall–Kier alpha value is -2.44. The number of aromatic nitrogens is 1. The van der Waals surface area contributed by atoms with E-state index in [4.69, 9.17) is 9.47 Å². The minimum Gasteiger partial charge on any atom is -0.497 e. The molecule has 3 aliphatic rings. The monoisotopic (exact) mass is 382 g/mol. The number of esters is 1. The van der Waals surface area contributed by atoms with Crippen LogP contribution in [0.4, 0.5) is 0 Å². The van der Waals surface area contributed by atoms with Crippen LogP contribution in [0.3, 0.4) is 0 Å². The first kappa shape index (κ1) is 18.9. The second-order valence-electron chi connectivity index (χ2n) is 7.72. The lowest BCUT2D eigenvalue weighted by atomic mass is 9.73. The fourth-order valence-electron chi connectivity index (χ4n) is 4.69. The first-order valence-corrected chi connectivity index (χ1v) is 9.72. The number of carbonyl (C=O) groups excluding carboxylic acids is 1. The van der Waals surface area contributed by atoms with Gasteiger partial charge in [0.15, 0.2) is 0 Å². The van der Waals surface area contributed by atoms with Crippen molar-refractivity contribution in [1.82, 2.24) is 9.88 Å². The summed E-state index contributed by atoms with van der Waals surface area (Å²) in [6, 6.07) is 7.21. The van der Waals surface area contributed by atoms with Crippen LogP contribution in [0, 0.1) is 11.8 Å². The average molecular weight is 382 g/mol. The van der Waals surface area contributed by atoms with Crippen LogP contribution in [0.5, 0.6) is 11.6 Å². The molecular formula is C22H26N2O4. The molecule has 2 bridgehead atoms. The van der Waals surface area contributed by atoms with E-state index >= 15 is 0 Å². The molecule has 6 nitrogen and oxygen atoms in total. The molecule has 0 aliphatic carbocycles. The zero-order chi connectivity index (χ0) is 19.8. The molecule has 28 heavy (non-hydrogen) atoms. The van der Waals surface area contributed by atoms with Crippen LogP contribution in [0.25, 0.3) is 10.9 Å². The molecule has 6 heteroatoms. The molecule has 0 spiro atoms. The number of rotatable bonds is 5. The van der Waals surface area contributed by atoms with Crippen molar-refractivity contribution in [2.45, 2.75) is 31.9 Å². The van der Waals surface area contributed by atoms with Gasteiger partial charge in [0, 0.05) is 31.0 Å². The Morgan fingerprint density at radius 1 is 1.43 bits per heavy atom. The first-order chi connectivity index (χ1) is 13.5. The molecule has 0 radical (unpaired) electrons. The summed E-state index contributed by atoms with van der Waals surface area (Å²) < 4.78 is 10.6. The summed E-state index contributed by atoms with van der Waals surface area (Å²) in [5.74, 6) is 1.51. The molecule has 3 aliphatic heterocycles. The third-order valence-electron chi connectivity index (χ3n) is 6.11. The Morgan fingerprint density at radius 2 is 2.25 bits per heavy atom. The van der Waals surface area contributed by atoms with E-state index < -0.39 is 12.1 Å². The van der Waals surface area contributed by atoms with Crippen molar-refractivity contribution in [3.8, 4) is 11.6 Å². The van der Waals surface area contributed by atoms with E-state index in [1.807, 2.05) is 24.3 Å². The fraction of sp³-hybridized carbons (Fsp3) is 0.455. The summed E-state index contributed by atoms with van der Waals surface area (Å²) in [5, 5.41) is 12.2. The molecule has 1 N–H and O–H groups in total. The molecule has 2 aromatic rings. The quantitative estimate of drug-likeness (QED) is 0.633. The number of ether oxygens (including phenoxy) is 2. The number of pyridine rings is 1.